The summed E-state index contributed by atoms with van der Waals surface area (Å²) in [6.07, 6.45) is 1.67. The maximum absolute atomic E-state index is 11.8. The predicted molar refractivity (Wildman–Crippen MR) is 70.4 cm³/mol. The van der Waals surface area contributed by atoms with E-state index in [9.17, 15) is 4.79 Å². The first-order valence-electron chi connectivity index (χ1n) is 6.47. The van der Waals surface area contributed by atoms with Crippen molar-refractivity contribution < 1.29 is 9.53 Å². The quantitative estimate of drug-likeness (QED) is 0.820. The highest BCUT2D eigenvalue weighted by molar-refractivity contribution is 5.78. The fourth-order valence-electron chi connectivity index (χ4n) is 2.19. The van der Waals surface area contributed by atoms with Gasteiger partial charge in [-0.1, -0.05) is 25.1 Å². The van der Waals surface area contributed by atoms with Crippen LogP contribution in [-0.2, 0) is 11.2 Å². The number of ether oxygens (including phenoxy) is 1. The van der Waals surface area contributed by atoms with E-state index in [4.69, 9.17) is 10.5 Å². The van der Waals surface area contributed by atoms with E-state index in [2.05, 4.69) is 11.4 Å². The van der Waals surface area contributed by atoms with Crippen LogP contribution in [0.4, 0.5) is 0 Å². The first kappa shape index (κ1) is 12.9. The molecule has 1 aromatic carbocycles. The Morgan fingerprint density at radius 3 is 3.00 bits per heavy atom. The summed E-state index contributed by atoms with van der Waals surface area (Å²) in [4.78, 5) is 11.8. The molecular weight excluding hydrogens is 228 g/mol. The third-order valence-electron chi connectivity index (χ3n) is 3.37. The highest BCUT2D eigenvalue weighted by Crippen LogP contribution is 2.27. The third-order valence-corrected chi connectivity index (χ3v) is 3.37. The van der Waals surface area contributed by atoms with Gasteiger partial charge in [0.1, 0.15) is 11.9 Å². The van der Waals surface area contributed by atoms with Crippen LogP contribution in [0.25, 0.3) is 0 Å². The zero-order chi connectivity index (χ0) is 13.0. The van der Waals surface area contributed by atoms with Crippen molar-refractivity contribution >= 4 is 5.91 Å². The largest absolute Gasteiger partial charge is 0.488 e. The van der Waals surface area contributed by atoms with Gasteiger partial charge in [0.05, 0.1) is 6.54 Å². The molecule has 18 heavy (non-hydrogen) atoms. The van der Waals surface area contributed by atoms with Crippen LogP contribution in [-0.4, -0.2) is 25.1 Å². The van der Waals surface area contributed by atoms with Gasteiger partial charge in [-0.25, -0.2) is 0 Å². The van der Waals surface area contributed by atoms with E-state index in [1.807, 2.05) is 25.1 Å². The average molecular weight is 248 g/mol. The highest BCUT2D eigenvalue weighted by atomic mass is 16.5. The molecule has 2 unspecified atom stereocenters. The molecule has 3 N–H and O–H groups in total. The Kier molecular flexibility index (Phi) is 4.20. The van der Waals surface area contributed by atoms with Crippen LogP contribution in [0.3, 0.4) is 0 Å². The molecule has 0 saturated carbocycles. The molecule has 4 nitrogen and oxygen atoms in total. The molecule has 0 spiro atoms. The van der Waals surface area contributed by atoms with Gasteiger partial charge in [0, 0.05) is 18.9 Å². The molecule has 1 aliphatic rings. The van der Waals surface area contributed by atoms with Crippen LogP contribution in [0.15, 0.2) is 24.3 Å². The number of rotatable bonds is 5. The minimum Gasteiger partial charge on any atom is -0.488 e. The Balaban J connectivity index is 1.82. The van der Waals surface area contributed by atoms with E-state index in [1.165, 1.54) is 5.56 Å². The number of fused-ring (bicyclic) bond motifs is 1. The smallest absolute Gasteiger partial charge is 0.224 e. The monoisotopic (exact) mass is 248 g/mol. The lowest BCUT2D eigenvalue weighted by Crippen LogP contribution is -2.40. The number of nitrogens with two attached hydrogens (primary N) is 1. The van der Waals surface area contributed by atoms with E-state index in [0.717, 1.165) is 18.6 Å². The van der Waals surface area contributed by atoms with Crippen molar-refractivity contribution in [1.82, 2.24) is 5.32 Å². The van der Waals surface area contributed by atoms with Crippen LogP contribution in [0, 0.1) is 5.92 Å². The lowest BCUT2D eigenvalue weighted by molar-refractivity contribution is -0.125. The van der Waals surface area contributed by atoms with Crippen molar-refractivity contribution in [1.29, 1.82) is 0 Å². The van der Waals surface area contributed by atoms with Crippen molar-refractivity contribution in [2.75, 3.05) is 13.1 Å². The fraction of sp³-hybridized carbons (Fsp3) is 0.500. The van der Waals surface area contributed by atoms with E-state index in [1.54, 1.807) is 0 Å². The zero-order valence-corrected chi connectivity index (χ0v) is 10.7. The first-order valence-corrected chi connectivity index (χ1v) is 6.47. The molecule has 1 aliphatic heterocycles. The Morgan fingerprint density at radius 2 is 2.33 bits per heavy atom. The Bertz CT molecular complexity index is 391. The SMILES string of the molecule is CCC(CN)C(=O)NCC1Cc2ccccc2O1. The summed E-state index contributed by atoms with van der Waals surface area (Å²) >= 11 is 0. The van der Waals surface area contributed by atoms with Gasteiger partial charge >= 0.3 is 0 Å². The lowest BCUT2D eigenvalue weighted by Gasteiger charge is -2.15. The molecule has 98 valence electrons. The number of para-hydroxylation sites is 1. The Labute approximate surface area is 108 Å². The summed E-state index contributed by atoms with van der Waals surface area (Å²) in [6, 6.07) is 7.99. The van der Waals surface area contributed by atoms with Gasteiger partial charge in [0.15, 0.2) is 0 Å². The van der Waals surface area contributed by atoms with Gasteiger partial charge in [0.25, 0.3) is 0 Å². The van der Waals surface area contributed by atoms with Gasteiger partial charge in [-0.3, -0.25) is 4.79 Å². The summed E-state index contributed by atoms with van der Waals surface area (Å²) in [5.41, 5.74) is 6.76. The molecule has 0 radical (unpaired) electrons. The average Bonchev–Trinajstić information content (AvgIpc) is 2.80. The molecular formula is C14H20N2O2. The standard InChI is InChI=1S/C14H20N2O2/c1-2-10(8-15)14(17)16-9-12-7-11-5-3-4-6-13(11)18-12/h3-6,10,12H,2,7-9,15H2,1H3,(H,16,17). The molecule has 1 aromatic rings. The number of nitrogens with one attached hydrogen (secondary N) is 1. The van der Waals surface area contributed by atoms with Crippen molar-refractivity contribution in [2.45, 2.75) is 25.9 Å². The summed E-state index contributed by atoms with van der Waals surface area (Å²) in [6.45, 7) is 2.91. The van der Waals surface area contributed by atoms with E-state index >= 15 is 0 Å². The molecule has 0 bridgehead atoms. The Hall–Kier alpha value is -1.55. The van der Waals surface area contributed by atoms with Gasteiger partial charge in [-0.2, -0.15) is 0 Å². The van der Waals surface area contributed by atoms with Gasteiger partial charge in [-0.05, 0) is 18.1 Å². The highest BCUT2D eigenvalue weighted by Gasteiger charge is 2.23. The van der Waals surface area contributed by atoms with E-state index in [-0.39, 0.29) is 17.9 Å². The van der Waals surface area contributed by atoms with Crippen molar-refractivity contribution in [2.24, 2.45) is 11.7 Å². The van der Waals surface area contributed by atoms with Crippen LogP contribution < -0.4 is 15.8 Å². The second-order valence-electron chi connectivity index (χ2n) is 4.64. The number of carbonyl (C=O) groups excluding carboxylic acids is 1. The number of amides is 1. The molecule has 0 saturated heterocycles. The third kappa shape index (κ3) is 2.82. The molecule has 0 aliphatic carbocycles. The Morgan fingerprint density at radius 1 is 1.56 bits per heavy atom. The number of benzene rings is 1. The van der Waals surface area contributed by atoms with Crippen molar-refractivity contribution in [3.63, 3.8) is 0 Å². The maximum Gasteiger partial charge on any atom is 0.224 e. The van der Waals surface area contributed by atoms with Gasteiger partial charge in [-0.15, -0.1) is 0 Å². The molecule has 2 rings (SSSR count). The van der Waals surface area contributed by atoms with Gasteiger partial charge < -0.3 is 15.8 Å². The predicted octanol–water partition coefficient (Wildman–Crippen LogP) is 1.09. The fourth-order valence-corrected chi connectivity index (χ4v) is 2.19. The maximum atomic E-state index is 11.8. The number of hydrogen-bond acceptors (Lipinski definition) is 3. The molecule has 0 aromatic heterocycles. The van der Waals surface area contributed by atoms with E-state index < -0.39 is 0 Å². The molecule has 0 fully saturated rings. The topological polar surface area (TPSA) is 64.4 Å². The number of carbonyl (C=O) groups is 1. The summed E-state index contributed by atoms with van der Waals surface area (Å²) in [7, 11) is 0. The lowest BCUT2D eigenvalue weighted by atomic mass is 10.1. The molecule has 1 heterocycles. The van der Waals surface area contributed by atoms with Crippen molar-refractivity contribution in [3.8, 4) is 5.75 Å². The van der Waals surface area contributed by atoms with Crippen LogP contribution in [0.5, 0.6) is 5.75 Å². The van der Waals surface area contributed by atoms with Gasteiger partial charge in [0.2, 0.25) is 5.91 Å². The first-order chi connectivity index (χ1) is 8.74. The summed E-state index contributed by atoms with van der Waals surface area (Å²) < 4.78 is 5.76. The summed E-state index contributed by atoms with van der Waals surface area (Å²) in [5.74, 6) is 0.871. The molecule has 4 heteroatoms. The molecule has 2 atom stereocenters. The van der Waals surface area contributed by atoms with E-state index in [0.29, 0.717) is 13.1 Å². The minimum atomic E-state index is -0.0891. The zero-order valence-electron chi connectivity index (χ0n) is 10.7. The molecule has 1 amide bonds. The normalized spacial score (nSPS) is 18.9. The summed E-state index contributed by atoms with van der Waals surface area (Å²) in [5, 5.41) is 2.92. The van der Waals surface area contributed by atoms with Crippen molar-refractivity contribution in [3.05, 3.63) is 29.8 Å². The van der Waals surface area contributed by atoms with Crippen LogP contribution >= 0.6 is 0 Å². The minimum absolute atomic E-state index is 0.0274. The second-order valence-corrected chi connectivity index (χ2v) is 4.64. The van der Waals surface area contributed by atoms with Crippen LogP contribution in [0.2, 0.25) is 0 Å². The number of hydrogen-bond donors (Lipinski definition) is 2. The second kappa shape index (κ2) is 5.87. The van der Waals surface area contributed by atoms with Crippen LogP contribution in [0.1, 0.15) is 18.9 Å².